The molecule has 0 bridgehead atoms. The molecule has 0 heterocycles. The second-order valence-corrected chi connectivity index (χ2v) is 4.65. The monoisotopic (exact) mass is 269 g/mol. The van der Waals surface area contributed by atoms with Gasteiger partial charge in [-0.1, -0.05) is 59.1 Å². The first-order valence-corrected chi connectivity index (χ1v) is 5.79. The van der Waals surface area contributed by atoms with E-state index in [1.54, 1.807) is 12.1 Å². The van der Waals surface area contributed by atoms with Crippen LogP contribution in [-0.2, 0) is 0 Å². The summed E-state index contributed by atoms with van der Waals surface area (Å²) in [5, 5.41) is 1.60. The van der Waals surface area contributed by atoms with Gasteiger partial charge in [0.25, 0.3) is 0 Å². The second-order valence-electron chi connectivity index (χ2n) is 3.40. The van der Waals surface area contributed by atoms with Crippen LogP contribution < -0.4 is 0 Å². The molecule has 2 rings (SSSR count). The van der Waals surface area contributed by atoms with Crippen LogP contribution in [0.15, 0.2) is 36.4 Å². The maximum atomic E-state index is 6.14. The molecule has 0 amide bonds. The summed E-state index contributed by atoms with van der Waals surface area (Å²) in [5.41, 5.74) is 2.58. The van der Waals surface area contributed by atoms with Crippen molar-refractivity contribution >= 4 is 34.8 Å². The van der Waals surface area contributed by atoms with Gasteiger partial charge in [0, 0.05) is 10.6 Å². The molecule has 2 aromatic rings. The van der Waals surface area contributed by atoms with E-state index in [1.165, 1.54) is 0 Å². The third-order valence-corrected chi connectivity index (χ3v) is 3.11. The normalized spacial score (nSPS) is 10.5. The van der Waals surface area contributed by atoms with E-state index in [0.717, 1.165) is 16.7 Å². The van der Waals surface area contributed by atoms with Crippen molar-refractivity contribution in [3.63, 3.8) is 0 Å². The highest BCUT2D eigenvalue weighted by Gasteiger charge is 2.11. The molecular formula is C13H8Cl3. The number of hydrogen-bond acceptors (Lipinski definition) is 0. The minimum absolute atomic E-state index is 0.528. The Morgan fingerprint density at radius 1 is 0.875 bits per heavy atom. The van der Waals surface area contributed by atoms with Crippen LogP contribution in [0.4, 0.5) is 0 Å². The maximum Gasteiger partial charge on any atom is 0.0514 e. The summed E-state index contributed by atoms with van der Waals surface area (Å²) in [6, 6.07) is 11.0. The SMILES string of the molecule is [CH2]c1ccccc1-c1c(Cl)cc(Cl)cc1Cl. The van der Waals surface area contributed by atoms with Crippen molar-refractivity contribution in [2.45, 2.75) is 0 Å². The lowest BCUT2D eigenvalue weighted by Gasteiger charge is -2.10. The van der Waals surface area contributed by atoms with Gasteiger partial charge in [0.15, 0.2) is 0 Å². The molecule has 0 aliphatic heterocycles. The van der Waals surface area contributed by atoms with Crippen LogP contribution >= 0.6 is 34.8 Å². The van der Waals surface area contributed by atoms with Crippen molar-refractivity contribution in [2.75, 3.05) is 0 Å². The number of benzene rings is 2. The Balaban J connectivity index is 2.70. The minimum atomic E-state index is 0.528. The van der Waals surface area contributed by atoms with Crippen LogP contribution in [0.25, 0.3) is 11.1 Å². The summed E-state index contributed by atoms with van der Waals surface area (Å²) in [6.07, 6.45) is 0. The van der Waals surface area contributed by atoms with Crippen molar-refractivity contribution in [3.8, 4) is 11.1 Å². The molecule has 0 saturated heterocycles. The summed E-state index contributed by atoms with van der Waals surface area (Å²) < 4.78 is 0. The van der Waals surface area contributed by atoms with Gasteiger partial charge in [-0.25, -0.2) is 0 Å². The Morgan fingerprint density at radius 2 is 1.44 bits per heavy atom. The van der Waals surface area contributed by atoms with Crippen molar-refractivity contribution < 1.29 is 0 Å². The predicted octanol–water partition coefficient (Wildman–Crippen LogP) is 5.50. The summed E-state index contributed by atoms with van der Waals surface area (Å²) in [5.74, 6) is 0. The van der Waals surface area contributed by atoms with E-state index < -0.39 is 0 Å². The van der Waals surface area contributed by atoms with Gasteiger partial charge in [-0.05, 0) is 30.2 Å². The maximum absolute atomic E-state index is 6.14. The Morgan fingerprint density at radius 3 is 2.00 bits per heavy atom. The Labute approximate surface area is 110 Å². The summed E-state index contributed by atoms with van der Waals surface area (Å²) in [6.45, 7) is 3.95. The van der Waals surface area contributed by atoms with Crippen LogP contribution in [-0.4, -0.2) is 0 Å². The molecular weight excluding hydrogens is 263 g/mol. The fraction of sp³-hybridized carbons (Fsp3) is 0. The van der Waals surface area contributed by atoms with Gasteiger partial charge in [-0.3, -0.25) is 0 Å². The molecule has 0 aliphatic carbocycles. The van der Waals surface area contributed by atoms with E-state index in [0.29, 0.717) is 15.1 Å². The first-order chi connectivity index (χ1) is 7.59. The van der Waals surface area contributed by atoms with Crippen LogP contribution in [0, 0.1) is 6.92 Å². The smallest absolute Gasteiger partial charge is 0.0514 e. The summed E-state index contributed by atoms with van der Waals surface area (Å²) in [4.78, 5) is 0. The summed E-state index contributed by atoms with van der Waals surface area (Å²) >= 11 is 18.2. The highest BCUT2D eigenvalue weighted by Crippen LogP contribution is 2.38. The van der Waals surface area contributed by atoms with Gasteiger partial charge >= 0.3 is 0 Å². The third-order valence-electron chi connectivity index (χ3n) is 2.29. The van der Waals surface area contributed by atoms with Gasteiger partial charge < -0.3 is 0 Å². The molecule has 0 fully saturated rings. The fourth-order valence-corrected chi connectivity index (χ4v) is 2.58. The van der Waals surface area contributed by atoms with Gasteiger partial charge in [0.05, 0.1) is 10.0 Å². The molecule has 0 nitrogen and oxygen atoms in total. The quantitative estimate of drug-likeness (QED) is 0.642. The zero-order chi connectivity index (χ0) is 11.7. The predicted molar refractivity (Wildman–Crippen MR) is 71.4 cm³/mol. The molecule has 2 aromatic carbocycles. The van der Waals surface area contributed by atoms with Crippen LogP contribution in [0.3, 0.4) is 0 Å². The number of rotatable bonds is 1. The Bertz CT molecular complexity index is 509. The van der Waals surface area contributed by atoms with E-state index in [-0.39, 0.29) is 0 Å². The van der Waals surface area contributed by atoms with E-state index in [1.807, 2.05) is 24.3 Å². The molecule has 0 spiro atoms. The first-order valence-electron chi connectivity index (χ1n) is 4.65. The van der Waals surface area contributed by atoms with E-state index >= 15 is 0 Å². The first kappa shape index (κ1) is 11.8. The van der Waals surface area contributed by atoms with Crippen molar-refractivity contribution in [1.29, 1.82) is 0 Å². The molecule has 0 N–H and O–H groups in total. The van der Waals surface area contributed by atoms with Crippen molar-refractivity contribution in [2.24, 2.45) is 0 Å². The number of halogens is 3. The average Bonchev–Trinajstić information content (AvgIpc) is 2.19. The molecule has 0 saturated carbocycles. The van der Waals surface area contributed by atoms with Gasteiger partial charge in [-0.2, -0.15) is 0 Å². The lowest BCUT2D eigenvalue weighted by molar-refractivity contribution is 1.56. The fourth-order valence-electron chi connectivity index (χ4n) is 1.56. The molecule has 0 unspecified atom stereocenters. The Hall–Kier alpha value is -0.690. The average molecular weight is 271 g/mol. The molecule has 0 aromatic heterocycles. The third kappa shape index (κ3) is 2.20. The second kappa shape index (κ2) is 4.67. The van der Waals surface area contributed by atoms with Gasteiger partial charge in [0.1, 0.15) is 0 Å². The van der Waals surface area contributed by atoms with Crippen molar-refractivity contribution in [1.82, 2.24) is 0 Å². The highest BCUT2D eigenvalue weighted by molar-refractivity contribution is 6.41. The van der Waals surface area contributed by atoms with Gasteiger partial charge in [-0.15, -0.1) is 0 Å². The number of hydrogen-bond donors (Lipinski definition) is 0. The Kier molecular flexibility index (Phi) is 3.44. The van der Waals surface area contributed by atoms with E-state index in [2.05, 4.69) is 6.92 Å². The standard InChI is InChI=1S/C13H8Cl3/c1-8-4-2-3-5-10(8)13-11(15)6-9(14)7-12(13)16/h2-7H,1H2. The molecule has 0 aliphatic rings. The van der Waals surface area contributed by atoms with E-state index in [4.69, 9.17) is 34.8 Å². The topological polar surface area (TPSA) is 0 Å². The van der Waals surface area contributed by atoms with Gasteiger partial charge in [0.2, 0.25) is 0 Å². The molecule has 16 heavy (non-hydrogen) atoms. The highest BCUT2D eigenvalue weighted by atomic mass is 35.5. The zero-order valence-corrected chi connectivity index (χ0v) is 10.6. The van der Waals surface area contributed by atoms with Crippen molar-refractivity contribution in [3.05, 3.63) is 64.0 Å². The van der Waals surface area contributed by atoms with Crippen LogP contribution in [0.2, 0.25) is 15.1 Å². The largest absolute Gasteiger partial charge is 0.0842 e. The lowest BCUT2D eigenvalue weighted by Crippen LogP contribution is -1.85. The molecule has 81 valence electrons. The van der Waals surface area contributed by atoms with Crippen LogP contribution in [0.1, 0.15) is 5.56 Å². The zero-order valence-electron chi connectivity index (χ0n) is 8.31. The summed E-state index contributed by atoms with van der Waals surface area (Å²) in [7, 11) is 0. The molecule has 1 radical (unpaired) electrons. The van der Waals surface area contributed by atoms with Crippen LogP contribution in [0.5, 0.6) is 0 Å². The molecule has 3 heteroatoms. The van der Waals surface area contributed by atoms with E-state index in [9.17, 15) is 0 Å². The molecule has 0 atom stereocenters. The lowest BCUT2D eigenvalue weighted by atomic mass is 10.0. The minimum Gasteiger partial charge on any atom is -0.0842 e.